The second-order valence-electron chi connectivity index (χ2n) is 18.3. The zero-order valence-corrected chi connectivity index (χ0v) is 36.0. The third kappa shape index (κ3) is 12.3. The fourth-order valence-corrected chi connectivity index (χ4v) is 9.08. The number of allylic oxidation sites excluding steroid dienone is 1. The minimum Gasteiger partial charge on any atom is -0.460 e. The molecule has 3 saturated heterocycles. The highest BCUT2D eigenvalue weighted by Gasteiger charge is 2.53. The van der Waals surface area contributed by atoms with Crippen molar-refractivity contribution in [1.29, 1.82) is 0 Å². The van der Waals surface area contributed by atoms with Crippen LogP contribution in [0.3, 0.4) is 0 Å². The Morgan fingerprint density at radius 1 is 1.02 bits per heavy atom. The van der Waals surface area contributed by atoms with Gasteiger partial charge in [-0.3, -0.25) is 14.4 Å². The molecule has 2 N–H and O–H groups in total. The van der Waals surface area contributed by atoms with Gasteiger partial charge < -0.3 is 39.0 Å². The van der Waals surface area contributed by atoms with E-state index in [4.69, 9.17) is 23.7 Å². The van der Waals surface area contributed by atoms with Gasteiger partial charge in [0.25, 0.3) is 0 Å². The van der Waals surface area contributed by atoms with E-state index in [1.165, 1.54) is 0 Å². The second kappa shape index (κ2) is 20.3. The van der Waals surface area contributed by atoms with E-state index in [0.717, 1.165) is 63.4 Å². The Labute approximate surface area is 350 Å². The van der Waals surface area contributed by atoms with Crippen LogP contribution >= 0.6 is 0 Å². The van der Waals surface area contributed by atoms with E-state index in [0.29, 0.717) is 61.5 Å². The van der Waals surface area contributed by atoms with E-state index in [2.05, 4.69) is 31.3 Å². The summed E-state index contributed by atoms with van der Waals surface area (Å²) >= 11 is 0. The minimum absolute atomic E-state index is 0.0319. The molecule has 8 atom stereocenters. The zero-order valence-electron chi connectivity index (χ0n) is 36.0. The summed E-state index contributed by atoms with van der Waals surface area (Å²) in [6.07, 6.45) is 17.0. The van der Waals surface area contributed by atoms with Crippen LogP contribution in [0.2, 0.25) is 0 Å². The van der Waals surface area contributed by atoms with Crippen LogP contribution < -0.4 is 5.32 Å². The van der Waals surface area contributed by atoms with Crippen molar-refractivity contribution in [3.05, 3.63) is 53.1 Å². The average Bonchev–Trinajstić information content (AvgIpc) is 3.63. The predicted octanol–water partition coefficient (Wildman–Crippen LogP) is 7.35. The number of carbonyl (C=O) groups is 4. The number of aliphatic hydroxyl groups is 1. The van der Waals surface area contributed by atoms with Crippen molar-refractivity contribution >= 4 is 29.8 Å². The quantitative estimate of drug-likeness (QED) is 0.0823. The van der Waals surface area contributed by atoms with Gasteiger partial charge in [0.15, 0.2) is 5.79 Å². The lowest BCUT2D eigenvalue weighted by Gasteiger charge is -2.33. The summed E-state index contributed by atoms with van der Waals surface area (Å²) in [6.45, 7) is 9.69. The first-order chi connectivity index (χ1) is 28.3. The highest BCUT2D eigenvalue weighted by atomic mass is 16.8. The molecule has 2 amide bonds. The van der Waals surface area contributed by atoms with Crippen LogP contribution in [-0.4, -0.2) is 101 Å². The van der Waals surface area contributed by atoms with E-state index in [-0.39, 0.29) is 37.7 Å². The molecule has 3 heterocycles. The van der Waals surface area contributed by atoms with Gasteiger partial charge in [-0.1, -0.05) is 63.8 Å². The Balaban J connectivity index is 1.18. The lowest BCUT2D eigenvalue weighted by Crippen LogP contribution is -2.51. The normalized spacial score (nSPS) is 27.7. The molecule has 5 aliphatic rings. The molecule has 0 bridgehead atoms. The zero-order chi connectivity index (χ0) is 42.2. The summed E-state index contributed by atoms with van der Waals surface area (Å²) in [4.78, 5) is 56.0. The van der Waals surface area contributed by atoms with Gasteiger partial charge in [-0.25, -0.2) is 4.79 Å². The van der Waals surface area contributed by atoms with E-state index < -0.39 is 53.7 Å². The van der Waals surface area contributed by atoms with Crippen molar-refractivity contribution in [3.8, 4) is 0 Å². The number of likely N-dealkylation sites (tertiary alicyclic amines) is 1. The Hall–Kier alpha value is -3.58. The number of epoxide rings is 1. The fraction of sp³-hybridized carbons (Fsp3) is 0.702. The van der Waals surface area contributed by atoms with Crippen LogP contribution in [0.15, 0.2) is 42.0 Å². The number of unbranched alkanes of at least 4 members (excludes halogenated alkanes) is 4. The number of ether oxygens (including phenoxy) is 5. The molecule has 1 aromatic carbocycles. The van der Waals surface area contributed by atoms with Gasteiger partial charge in [0.05, 0.1) is 30.4 Å². The van der Waals surface area contributed by atoms with E-state index in [9.17, 15) is 24.3 Å². The molecule has 326 valence electrons. The molecule has 59 heavy (non-hydrogen) atoms. The monoisotopic (exact) mass is 820 g/mol. The third-order valence-electron chi connectivity index (χ3n) is 12.3. The van der Waals surface area contributed by atoms with Crippen LogP contribution in [0.5, 0.6) is 0 Å². The predicted molar refractivity (Wildman–Crippen MR) is 223 cm³/mol. The van der Waals surface area contributed by atoms with Crippen LogP contribution in [0, 0.1) is 5.92 Å². The van der Waals surface area contributed by atoms with Gasteiger partial charge in [0.2, 0.25) is 11.8 Å². The molecule has 12 heteroatoms. The Bertz CT molecular complexity index is 1670. The molecule has 1 saturated carbocycles. The van der Waals surface area contributed by atoms with Crippen LogP contribution in [0.1, 0.15) is 153 Å². The molecule has 1 aromatic rings. The highest BCUT2D eigenvalue weighted by molar-refractivity contribution is 5.98. The van der Waals surface area contributed by atoms with Gasteiger partial charge in [-0.05, 0) is 102 Å². The smallest absolute Gasteiger partial charge is 0.338 e. The summed E-state index contributed by atoms with van der Waals surface area (Å²) in [5.74, 6) is -2.01. The molecular formula is C47H68N2O10. The number of fused-ring (bicyclic) bond motifs is 2. The number of hydrogen-bond acceptors (Lipinski definition) is 10. The summed E-state index contributed by atoms with van der Waals surface area (Å²) in [7, 11) is 0. The minimum atomic E-state index is -0.858. The molecule has 12 nitrogen and oxygen atoms in total. The average molecular weight is 821 g/mol. The van der Waals surface area contributed by atoms with E-state index >= 15 is 0 Å². The van der Waals surface area contributed by atoms with Crippen molar-refractivity contribution in [2.75, 3.05) is 13.2 Å². The highest BCUT2D eigenvalue weighted by Crippen LogP contribution is 2.44. The fourth-order valence-electron chi connectivity index (χ4n) is 9.08. The summed E-state index contributed by atoms with van der Waals surface area (Å²) in [6, 6.07) is 5.98. The largest absolute Gasteiger partial charge is 0.460 e. The lowest BCUT2D eigenvalue weighted by molar-refractivity contribution is -0.190. The van der Waals surface area contributed by atoms with Crippen molar-refractivity contribution in [1.82, 2.24) is 10.2 Å². The Kier molecular flexibility index (Phi) is 15.5. The maximum atomic E-state index is 14.5. The Morgan fingerprint density at radius 2 is 1.78 bits per heavy atom. The van der Waals surface area contributed by atoms with E-state index in [1.54, 1.807) is 31.7 Å². The molecule has 2 aliphatic carbocycles. The topological polar surface area (TPSA) is 153 Å². The number of aliphatic hydroxyl groups excluding tert-OH is 1. The molecule has 4 fully saturated rings. The molecule has 3 aliphatic heterocycles. The molecule has 0 radical (unpaired) electrons. The second-order valence-corrected chi connectivity index (χ2v) is 18.3. The van der Waals surface area contributed by atoms with Crippen LogP contribution in [0.25, 0.3) is 6.08 Å². The molecular weight excluding hydrogens is 753 g/mol. The van der Waals surface area contributed by atoms with E-state index in [1.807, 2.05) is 24.3 Å². The van der Waals surface area contributed by atoms with Crippen molar-refractivity contribution in [2.45, 2.75) is 191 Å². The molecule has 0 spiro atoms. The van der Waals surface area contributed by atoms with Crippen molar-refractivity contribution < 1.29 is 48.0 Å². The molecule has 6 rings (SSSR count). The van der Waals surface area contributed by atoms with Crippen molar-refractivity contribution in [3.63, 3.8) is 0 Å². The lowest BCUT2D eigenvalue weighted by atomic mass is 9.88. The molecule has 3 unspecified atom stereocenters. The first kappa shape index (κ1) is 45.0. The number of benzene rings is 1. The standard InChI is InChI=1S/C47H68N2O10/c1-6-8-10-23-47(24-11-9-7-2)57-40-29-34(44(53)49-25-13-16-36(49)43(52)48-35(30-50)20-22-41(51)58-46(3,4)5)28-39(42(40)59-47)56-45(54)33-15-12-14-31(26-33)17-18-32-19-21-37-38(27-32)55-37/h12,14-15,17-18,26,29,32,35-40,42,50H,6-11,13,16,19-25,27-28,30H2,1-5H3,(H,48,52)/t32?,35-,36+,37?,38?,39+,40+,42-/m0/s1. The van der Waals surface area contributed by atoms with Crippen LogP contribution in [-0.2, 0) is 38.1 Å². The number of hydrogen-bond donors (Lipinski definition) is 2. The summed E-state index contributed by atoms with van der Waals surface area (Å²) < 4.78 is 31.1. The van der Waals surface area contributed by atoms with Crippen molar-refractivity contribution in [2.24, 2.45) is 5.92 Å². The maximum Gasteiger partial charge on any atom is 0.338 e. The van der Waals surface area contributed by atoms with Gasteiger partial charge in [-0.2, -0.15) is 0 Å². The van der Waals surface area contributed by atoms with Gasteiger partial charge in [-0.15, -0.1) is 0 Å². The number of carbonyl (C=O) groups excluding carboxylic acids is 4. The summed E-state index contributed by atoms with van der Waals surface area (Å²) in [5, 5.41) is 12.9. The number of amides is 2. The first-order valence-electron chi connectivity index (χ1n) is 22.5. The number of rotatable bonds is 19. The SMILES string of the molecule is CCCCCC1(CCCCC)O[C@@H]2[C@@H](C=C(C(=O)N3CCC[C@@H]3C(=O)N[C@H](CO)CCC(=O)OC(C)(C)C)C[C@H]2OC(=O)c2cccc(C=CC3CCC4OC4C3)c2)O1. The van der Waals surface area contributed by atoms with Gasteiger partial charge in [0, 0.05) is 37.8 Å². The Morgan fingerprint density at radius 3 is 2.47 bits per heavy atom. The third-order valence-corrected chi connectivity index (χ3v) is 12.3. The number of nitrogens with zero attached hydrogens (tertiary/aromatic N) is 1. The van der Waals surface area contributed by atoms with Crippen LogP contribution in [0.4, 0.5) is 0 Å². The first-order valence-corrected chi connectivity index (χ1v) is 22.5. The van der Waals surface area contributed by atoms with Gasteiger partial charge >= 0.3 is 11.9 Å². The summed E-state index contributed by atoms with van der Waals surface area (Å²) in [5.41, 5.74) is 1.10. The molecule has 0 aromatic heterocycles. The maximum absolute atomic E-state index is 14.5. The van der Waals surface area contributed by atoms with Gasteiger partial charge in [0.1, 0.15) is 30.0 Å². The number of nitrogens with one attached hydrogen (secondary N) is 1. The number of esters is 2.